The lowest BCUT2D eigenvalue weighted by atomic mass is 9.87. The van der Waals surface area contributed by atoms with E-state index in [0.29, 0.717) is 39.5 Å². The molecule has 354 valence electrons. The Labute approximate surface area is 365 Å². The van der Waals surface area contributed by atoms with Gasteiger partial charge in [0.2, 0.25) is 39.0 Å². The maximum atomic E-state index is 15.0. The molecule has 2 saturated carbocycles. The lowest BCUT2D eigenvalue weighted by Gasteiger charge is -2.35. The third-order valence-electron chi connectivity index (χ3n) is 12.2. The molecule has 7 atom stereocenters. The average Bonchev–Trinajstić information content (AvgIpc) is 4.07. The van der Waals surface area contributed by atoms with Crippen LogP contribution in [-0.4, -0.2) is 114 Å². The Morgan fingerprint density at radius 3 is 2.38 bits per heavy atom. The van der Waals surface area contributed by atoms with Crippen molar-refractivity contribution in [2.24, 2.45) is 17.8 Å². The SMILES string of the molecule is CCOc1ccc2nc(C(F)(F)F)c(O[C@@H]3C[C@H]4C(=O)N[C@]5(C(=O)NS(=O)(=O)C6(C)CC6)CC5/C=C\CC[C@@H](C)C[C@@H](COC)[C@H](NC(=O)OC(C)(C)C(F)(F)F)C(=O)N4C3)nc2c1. The Bertz CT molecular complexity index is 2270. The number of rotatable bonds is 11. The van der Waals surface area contributed by atoms with Gasteiger partial charge < -0.3 is 34.5 Å². The zero-order valence-electron chi connectivity index (χ0n) is 36.0. The van der Waals surface area contributed by atoms with Crippen LogP contribution in [0.5, 0.6) is 11.6 Å². The van der Waals surface area contributed by atoms with Gasteiger partial charge in [-0.2, -0.15) is 26.3 Å². The molecule has 16 nitrogen and oxygen atoms in total. The summed E-state index contributed by atoms with van der Waals surface area (Å²) in [6.45, 7) is 5.55. The van der Waals surface area contributed by atoms with Crippen molar-refractivity contribution in [2.45, 2.75) is 126 Å². The number of sulfonamides is 1. The van der Waals surface area contributed by atoms with Gasteiger partial charge in [0.25, 0.3) is 5.91 Å². The number of ether oxygens (including phenoxy) is 4. The largest absolute Gasteiger partial charge is 0.494 e. The minimum Gasteiger partial charge on any atom is -0.494 e. The number of alkyl halides is 6. The fourth-order valence-corrected chi connectivity index (χ4v) is 9.25. The number of fused-ring (bicyclic) bond motifs is 3. The molecule has 0 bridgehead atoms. The molecule has 23 heteroatoms. The van der Waals surface area contributed by atoms with Crippen molar-refractivity contribution in [2.75, 3.05) is 26.9 Å². The van der Waals surface area contributed by atoms with Crippen LogP contribution in [0.25, 0.3) is 11.0 Å². The zero-order valence-corrected chi connectivity index (χ0v) is 36.8. The normalized spacial score (nSPS) is 28.1. The molecule has 0 spiro atoms. The van der Waals surface area contributed by atoms with Gasteiger partial charge in [0.15, 0.2) is 0 Å². The van der Waals surface area contributed by atoms with Gasteiger partial charge in [-0.25, -0.2) is 23.2 Å². The van der Waals surface area contributed by atoms with Crippen LogP contribution >= 0.6 is 0 Å². The van der Waals surface area contributed by atoms with Crippen molar-refractivity contribution in [3.05, 3.63) is 36.0 Å². The van der Waals surface area contributed by atoms with E-state index < -0.39 is 117 Å². The van der Waals surface area contributed by atoms with Crippen molar-refractivity contribution in [1.29, 1.82) is 0 Å². The molecule has 4 aliphatic rings. The molecule has 1 aromatic heterocycles. The van der Waals surface area contributed by atoms with Gasteiger partial charge >= 0.3 is 18.4 Å². The Kier molecular flexibility index (Phi) is 13.5. The van der Waals surface area contributed by atoms with E-state index in [1.54, 1.807) is 19.1 Å². The average molecular weight is 935 g/mol. The molecule has 2 aromatic rings. The Balaban J connectivity index is 1.42. The maximum Gasteiger partial charge on any atom is 0.438 e. The lowest BCUT2D eigenvalue weighted by molar-refractivity contribution is -0.244. The number of allylic oxidation sites excluding steroid dienone is 1. The fraction of sp³-hybridized carbons (Fsp3) is 0.659. The topological polar surface area (TPSA) is 204 Å². The van der Waals surface area contributed by atoms with Gasteiger partial charge in [0.1, 0.15) is 29.5 Å². The second-order valence-electron chi connectivity index (χ2n) is 17.7. The third kappa shape index (κ3) is 10.3. The van der Waals surface area contributed by atoms with Crippen molar-refractivity contribution < 1.29 is 72.9 Å². The summed E-state index contributed by atoms with van der Waals surface area (Å²) in [5.41, 5.74) is -6.58. The molecule has 3 N–H and O–H groups in total. The van der Waals surface area contributed by atoms with Gasteiger partial charge in [0.05, 0.1) is 35.5 Å². The number of carbonyl (C=O) groups excluding carboxylic acids is 4. The molecule has 3 fully saturated rings. The summed E-state index contributed by atoms with van der Waals surface area (Å²) in [7, 11) is -2.91. The van der Waals surface area contributed by atoms with Crippen molar-refractivity contribution in [3.63, 3.8) is 0 Å². The summed E-state index contributed by atoms with van der Waals surface area (Å²) in [6, 6.07) is 0.609. The van der Waals surface area contributed by atoms with E-state index in [-0.39, 0.29) is 48.8 Å². The molecule has 1 saturated heterocycles. The van der Waals surface area contributed by atoms with Gasteiger partial charge in [0, 0.05) is 31.4 Å². The number of methoxy groups -OCH3 is 1. The van der Waals surface area contributed by atoms with E-state index in [1.165, 1.54) is 32.2 Å². The molecular formula is C41H52F6N6O10S. The molecule has 4 amide bonds. The molecule has 1 aromatic carbocycles. The molecule has 3 heterocycles. The van der Waals surface area contributed by atoms with Crippen LogP contribution in [0.3, 0.4) is 0 Å². The van der Waals surface area contributed by atoms with Crippen LogP contribution in [0.15, 0.2) is 30.4 Å². The molecule has 64 heavy (non-hydrogen) atoms. The number of halogens is 6. The van der Waals surface area contributed by atoms with Crippen LogP contribution in [-0.2, 0) is 40.1 Å². The minimum absolute atomic E-state index is 0.0459. The first-order valence-electron chi connectivity index (χ1n) is 20.8. The molecule has 2 aliphatic heterocycles. The van der Waals surface area contributed by atoms with Crippen molar-refractivity contribution >= 4 is 44.9 Å². The van der Waals surface area contributed by atoms with Gasteiger partial charge in [-0.1, -0.05) is 19.1 Å². The van der Waals surface area contributed by atoms with E-state index in [0.717, 1.165) is 4.90 Å². The number of nitrogens with one attached hydrogen (secondary N) is 3. The fourth-order valence-electron chi connectivity index (χ4n) is 7.94. The first kappa shape index (κ1) is 48.5. The highest BCUT2D eigenvalue weighted by molar-refractivity contribution is 7.91. The predicted molar refractivity (Wildman–Crippen MR) is 215 cm³/mol. The van der Waals surface area contributed by atoms with E-state index in [4.69, 9.17) is 18.9 Å². The highest BCUT2D eigenvalue weighted by Gasteiger charge is 2.63. The summed E-state index contributed by atoms with van der Waals surface area (Å²) in [6.07, 6.45) is -8.76. The zero-order chi connectivity index (χ0) is 47.2. The van der Waals surface area contributed by atoms with Crippen LogP contribution < -0.4 is 24.8 Å². The highest BCUT2D eigenvalue weighted by atomic mass is 32.2. The molecule has 2 aliphatic carbocycles. The van der Waals surface area contributed by atoms with E-state index >= 15 is 0 Å². The number of alkyl carbamates (subject to hydrolysis) is 1. The van der Waals surface area contributed by atoms with Gasteiger partial charge in [-0.15, -0.1) is 0 Å². The molecule has 0 radical (unpaired) electrons. The number of nitrogens with zero attached hydrogens (tertiary/aromatic N) is 3. The molecule has 1 unspecified atom stereocenters. The number of benzene rings is 1. The second kappa shape index (κ2) is 17.8. The summed E-state index contributed by atoms with van der Waals surface area (Å²) >= 11 is 0. The monoisotopic (exact) mass is 934 g/mol. The Morgan fingerprint density at radius 2 is 1.75 bits per heavy atom. The van der Waals surface area contributed by atoms with Crippen molar-refractivity contribution in [3.8, 4) is 11.6 Å². The summed E-state index contributed by atoms with van der Waals surface area (Å²) in [5, 5.41) is 4.89. The number of carbonyl (C=O) groups is 4. The smallest absolute Gasteiger partial charge is 0.438 e. The lowest BCUT2D eigenvalue weighted by Crippen LogP contribution is -2.60. The van der Waals surface area contributed by atoms with E-state index in [1.807, 2.05) is 6.92 Å². The van der Waals surface area contributed by atoms with Crippen molar-refractivity contribution in [1.82, 2.24) is 30.2 Å². The number of hydrogen-bond donors (Lipinski definition) is 3. The number of aromatic nitrogens is 2. The first-order chi connectivity index (χ1) is 29.7. The standard InChI is InChI=1S/C41H52F6N6O10S/c1-7-61-25-12-13-27-28(17-25)49-33(31(48-27)40(42,43)44)62-26-18-29-32(54)51-39(35(56)52-64(58,59)38(5)14-15-38)19-24(39)11-9-8-10-22(2)16-23(21-60-6)30(34(55)53(29)20-26)50-36(57)63-37(3,4)41(45,46)47/h9,11-13,17,22-24,26,29-30H,7-8,10,14-16,18-21H2,1-6H3,(H,50,57)(H,51,54)(H,52,56)/b11-9-/t22-,23+,24?,26-,29+,30+,39-/m1/s1. The molecule has 6 rings (SSSR count). The summed E-state index contributed by atoms with van der Waals surface area (Å²) < 4.78 is 134. The highest BCUT2D eigenvalue weighted by Crippen LogP contribution is 2.48. The van der Waals surface area contributed by atoms with Crippen LogP contribution in [0, 0.1) is 17.8 Å². The number of amides is 4. The predicted octanol–water partition coefficient (Wildman–Crippen LogP) is 5.34. The van der Waals surface area contributed by atoms with Gasteiger partial charge in [-0.3, -0.25) is 19.1 Å². The van der Waals surface area contributed by atoms with Crippen LogP contribution in [0.4, 0.5) is 31.1 Å². The van der Waals surface area contributed by atoms with Gasteiger partial charge in [-0.05, 0) is 84.3 Å². The quantitative estimate of drug-likeness (QED) is 0.193. The number of hydrogen-bond acceptors (Lipinski definition) is 12. The van der Waals surface area contributed by atoms with E-state index in [2.05, 4.69) is 25.3 Å². The van der Waals surface area contributed by atoms with E-state index in [9.17, 15) is 53.9 Å². The summed E-state index contributed by atoms with van der Waals surface area (Å²) in [5.74, 6) is -5.77. The third-order valence-corrected chi connectivity index (χ3v) is 14.4. The first-order valence-corrected chi connectivity index (χ1v) is 22.3. The minimum atomic E-state index is -5.11. The Morgan fingerprint density at radius 1 is 1.05 bits per heavy atom. The van der Waals surface area contributed by atoms with Crippen LogP contribution in [0.1, 0.15) is 85.3 Å². The maximum absolute atomic E-state index is 15.0. The summed E-state index contributed by atoms with van der Waals surface area (Å²) in [4.78, 5) is 65.6. The Hall–Kier alpha value is -4.93. The second-order valence-corrected chi connectivity index (χ2v) is 19.9. The van der Waals surface area contributed by atoms with Crippen LogP contribution in [0.2, 0.25) is 0 Å². The molecular weight excluding hydrogens is 883 g/mol.